The quantitative estimate of drug-likeness (QED) is 0.373. The summed E-state index contributed by atoms with van der Waals surface area (Å²) in [4.78, 5) is 0. The van der Waals surface area contributed by atoms with Gasteiger partial charge in [-0.05, 0) is 30.5 Å². The first kappa shape index (κ1) is 14.9. The molecule has 0 aliphatic rings. The first-order valence-electron chi connectivity index (χ1n) is 4.92. The van der Waals surface area contributed by atoms with E-state index in [1.165, 1.54) is 0 Å². The Kier molecular flexibility index (Phi) is 5.87. The Morgan fingerprint density at radius 2 is 1.76 bits per heavy atom. The van der Waals surface area contributed by atoms with Crippen molar-refractivity contribution in [3.63, 3.8) is 0 Å². The monoisotopic (exact) mass is 313 g/mol. The van der Waals surface area contributed by atoms with Crippen LogP contribution in [-0.4, -0.2) is 16.3 Å². The largest absolute Gasteiger partial charge is 0.478 e. The van der Waals surface area contributed by atoms with E-state index < -0.39 is 3.79 Å². The zero-order chi connectivity index (χ0) is 12.9. The summed E-state index contributed by atoms with van der Waals surface area (Å²) < 4.78 is 3.24. The molecule has 17 heavy (non-hydrogen) atoms. The fraction of sp³-hybridized carbons (Fsp3) is 0.364. The molecule has 0 saturated heterocycles. The van der Waals surface area contributed by atoms with Crippen LogP contribution in [-0.2, 0) is 11.2 Å². The molecule has 0 atom stereocenters. The molecule has 1 aromatic carbocycles. The molecular weight excluding hydrogens is 304 g/mol. The van der Waals surface area contributed by atoms with Gasteiger partial charge in [0, 0.05) is 5.02 Å². The molecule has 0 aliphatic heterocycles. The Morgan fingerprint density at radius 1 is 1.18 bits per heavy atom. The van der Waals surface area contributed by atoms with Gasteiger partial charge in [0.2, 0.25) is 5.90 Å². The highest BCUT2D eigenvalue weighted by atomic mass is 35.6. The Labute approximate surface area is 120 Å². The maximum absolute atomic E-state index is 7.32. The molecule has 0 unspecified atom stereocenters. The summed E-state index contributed by atoms with van der Waals surface area (Å²) in [6, 6.07) is 7.56. The molecule has 0 aromatic heterocycles. The number of ether oxygens (including phenoxy) is 1. The lowest BCUT2D eigenvalue weighted by Crippen LogP contribution is -2.21. The molecule has 6 heteroatoms. The van der Waals surface area contributed by atoms with E-state index in [-0.39, 0.29) is 5.90 Å². The first-order valence-corrected chi connectivity index (χ1v) is 6.44. The minimum absolute atomic E-state index is 0.343. The second kappa shape index (κ2) is 6.69. The number of nitrogens with one attached hydrogen (secondary N) is 1. The van der Waals surface area contributed by atoms with Crippen molar-refractivity contribution in [2.75, 3.05) is 6.61 Å². The van der Waals surface area contributed by atoms with E-state index in [2.05, 4.69) is 0 Å². The van der Waals surface area contributed by atoms with Crippen LogP contribution in [0.25, 0.3) is 0 Å². The number of benzene rings is 1. The van der Waals surface area contributed by atoms with Gasteiger partial charge >= 0.3 is 0 Å². The van der Waals surface area contributed by atoms with Gasteiger partial charge in [0.15, 0.2) is 0 Å². The molecule has 1 aromatic rings. The maximum atomic E-state index is 7.32. The lowest BCUT2D eigenvalue weighted by atomic mass is 10.1. The average Bonchev–Trinajstić information content (AvgIpc) is 2.25. The minimum Gasteiger partial charge on any atom is -0.478 e. The van der Waals surface area contributed by atoms with E-state index in [1.807, 2.05) is 24.3 Å². The van der Waals surface area contributed by atoms with Gasteiger partial charge in [-0.25, -0.2) is 0 Å². The molecular formula is C11H11Cl4NO. The van der Waals surface area contributed by atoms with Crippen LogP contribution in [0.15, 0.2) is 24.3 Å². The molecule has 0 saturated carbocycles. The van der Waals surface area contributed by atoms with Crippen molar-refractivity contribution in [3.05, 3.63) is 34.9 Å². The van der Waals surface area contributed by atoms with E-state index in [0.717, 1.165) is 18.4 Å². The molecule has 0 fully saturated rings. The molecule has 0 heterocycles. The number of hydrogen-bond donors (Lipinski definition) is 1. The zero-order valence-electron chi connectivity index (χ0n) is 8.85. The molecule has 0 amide bonds. The van der Waals surface area contributed by atoms with Crippen molar-refractivity contribution in [2.24, 2.45) is 0 Å². The molecule has 1 rings (SSSR count). The molecule has 0 radical (unpaired) electrons. The average molecular weight is 315 g/mol. The van der Waals surface area contributed by atoms with Crippen LogP contribution < -0.4 is 0 Å². The summed E-state index contributed by atoms with van der Waals surface area (Å²) >= 11 is 22.2. The van der Waals surface area contributed by atoms with Gasteiger partial charge in [-0.2, -0.15) is 0 Å². The standard InChI is InChI=1S/C11H11Cl4NO/c12-9-5-3-8(4-6-9)2-1-7-17-10(16)11(13,14)15/h3-6,16H,1-2,7H2. The van der Waals surface area contributed by atoms with Crippen molar-refractivity contribution >= 4 is 52.3 Å². The third-order valence-electron chi connectivity index (χ3n) is 2.03. The van der Waals surface area contributed by atoms with Gasteiger partial charge in [0.1, 0.15) is 0 Å². The number of halogens is 4. The van der Waals surface area contributed by atoms with Crippen molar-refractivity contribution in [1.29, 1.82) is 5.41 Å². The second-order valence-corrected chi connectivity index (χ2v) is 6.12. The SMILES string of the molecule is N=C(OCCCc1ccc(Cl)cc1)C(Cl)(Cl)Cl. The van der Waals surface area contributed by atoms with E-state index in [9.17, 15) is 0 Å². The highest BCUT2D eigenvalue weighted by molar-refractivity contribution is 6.76. The molecule has 0 aliphatic carbocycles. The highest BCUT2D eigenvalue weighted by Gasteiger charge is 2.28. The lowest BCUT2D eigenvalue weighted by Gasteiger charge is -2.13. The third-order valence-corrected chi connectivity index (χ3v) is 2.79. The Morgan fingerprint density at radius 3 is 2.29 bits per heavy atom. The second-order valence-electron chi connectivity index (χ2n) is 3.41. The van der Waals surface area contributed by atoms with Gasteiger partial charge < -0.3 is 4.74 Å². The van der Waals surface area contributed by atoms with Crippen LogP contribution >= 0.6 is 46.4 Å². The van der Waals surface area contributed by atoms with Gasteiger partial charge in [-0.15, -0.1) is 0 Å². The van der Waals surface area contributed by atoms with Crippen LogP contribution in [0, 0.1) is 5.41 Å². The Balaban J connectivity index is 2.25. The van der Waals surface area contributed by atoms with E-state index in [4.69, 9.17) is 56.5 Å². The number of aryl methyl sites for hydroxylation is 1. The fourth-order valence-corrected chi connectivity index (χ4v) is 1.47. The van der Waals surface area contributed by atoms with Gasteiger partial charge in [0.05, 0.1) is 6.61 Å². The summed E-state index contributed by atoms with van der Waals surface area (Å²) in [6.45, 7) is 0.343. The summed E-state index contributed by atoms with van der Waals surface area (Å²) in [5, 5.41) is 8.03. The van der Waals surface area contributed by atoms with E-state index in [1.54, 1.807) is 0 Å². The van der Waals surface area contributed by atoms with Crippen molar-refractivity contribution < 1.29 is 4.74 Å². The van der Waals surface area contributed by atoms with Crippen LogP contribution in [0.3, 0.4) is 0 Å². The van der Waals surface area contributed by atoms with Gasteiger partial charge in [0.25, 0.3) is 3.79 Å². The van der Waals surface area contributed by atoms with Gasteiger partial charge in [-0.1, -0.05) is 58.5 Å². The maximum Gasteiger partial charge on any atom is 0.265 e. The van der Waals surface area contributed by atoms with Crippen LogP contribution in [0.5, 0.6) is 0 Å². The summed E-state index contributed by atoms with van der Waals surface area (Å²) in [7, 11) is 0. The predicted octanol–water partition coefficient (Wildman–Crippen LogP) is 4.64. The Bertz CT molecular complexity index is 372. The van der Waals surface area contributed by atoms with Crippen molar-refractivity contribution in [3.8, 4) is 0 Å². The van der Waals surface area contributed by atoms with Crippen LogP contribution in [0.4, 0.5) is 0 Å². The number of alkyl halides is 3. The fourth-order valence-electron chi connectivity index (χ4n) is 1.18. The highest BCUT2D eigenvalue weighted by Crippen LogP contribution is 2.27. The molecule has 0 bridgehead atoms. The van der Waals surface area contributed by atoms with Crippen molar-refractivity contribution in [2.45, 2.75) is 16.6 Å². The van der Waals surface area contributed by atoms with Crippen molar-refractivity contribution in [1.82, 2.24) is 0 Å². The van der Waals surface area contributed by atoms with Crippen LogP contribution in [0.2, 0.25) is 5.02 Å². The van der Waals surface area contributed by atoms with E-state index in [0.29, 0.717) is 11.6 Å². The molecule has 0 spiro atoms. The third kappa shape index (κ3) is 5.82. The van der Waals surface area contributed by atoms with E-state index >= 15 is 0 Å². The summed E-state index contributed by atoms with van der Waals surface area (Å²) in [5.74, 6) is -0.349. The number of rotatable bonds is 4. The first-order chi connectivity index (χ1) is 7.89. The lowest BCUT2D eigenvalue weighted by molar-refractivity contribution is 0.290. The number of hydrogen-bond acceptors (Lipinski definition) is 2. The smallest absolute Gasteiger partial charge is 0.265 e. The minimum atomic E-state index is -1.78. The zero-order valence-corrected chi connectivity index (χ0v) is 11.9. The normalized spacial score (nSPS) is 11.3. The molecule has 1 N–H and O–H groups in total. The summed E-state index contributed by atoms with van der Waals surface area (Å²) in [6.07, 6.45) is 1.56. The Hall–Kier alpha value is -0.150. The topological polar surface area (TPSA) is 33.1 Å². The van der Waals surface area contributed by atoms with Crippen LogP contribution in [0.1, 0.15) is 12.0 Å². The van der Waals surface area contributed by atoms with Gasteiger partial charge in [-0.3, -0.25) is 5.41 Å². The molecule has 94 valence electrons. The predicted molar refractivity (Wildman–Crippen MR) is 73.7 cm³/mol. The molecule has 2 nitrogen and oxygen atoms in total. The summed E-state index contributed by atoms with van der Waals surface area (Å²) in [5.41, 5.74) is 1.15.